The van der Waals surface area contributed by atoms with Crippen LogP contribution >= 0.6 is 31.9 Å². The first-order valence-corrected chi connectivity index (χ1v) is 8.10. The van der Waals surface area contributed by atoms with Crippen molar-refractivity contribution in [1.29, 1.82) is 0 Å². The summed E-state index contributed by atoms with van der Waals surface area (Å²) in [4.78, 5) is 0. The van der Waals surface area contributed by atoms with Gasteiger partial charge in [0.2, 0.25) is 0 Å². The van der Waals surface area contributed by atoms with Crippen LogP contribution in [0.15, 0.2) is 21.1 Å². The Labute approximate surface area is 126 Å². The molecule has 18 heavy (non-hydrogen) atoms. The molecule has 0 atom stereocenters. The maximum atomic E-state index is 5.86. The molecule has 1 aromatic rings. The van der Waals surface area contributed by atoms with E-state index >= 15 is 0 Å². The van der Waals surface area contributed by atoms with Gasteiger partial charge in [0.1, 0.15) is 5.75 Å². The lowest BCUT2D eigenvalue weighted by Crippen LogP contribution is -2.13. The summed E-state index contributed by atoms with van der Waals surface area (Å²) in [5.74, 6) is 1.70. The summed E-state index contributed by atoms with van der Waals surface area (Å²) in [6.07, 6.45) is 3.79. The number of hydrogen-bond donors (Lipinski definition) is 1. The molecule has 1 saturated carbocycles. The fraction of sp³-hybridized carbons (Fsp3) is 0.571. The summed E-state index contributed by atoms with van der Waals surface area (Å²) < 4.78 is 7.92. The van der Waals surface area contributed by atoms with Crippen LogP contribution in [0.2, 0.25) is 0 Å². The number of rotatable bonds is 7. The lowest BCUT2D eigenvalue weighted by Gasteiger charge is -2.12. The molecule has 0 heterocycles. The molecule has 2 nitrogen and oxygen atoms in total. The molecule has 1 aliphatic rings. The summed E-state index contributed by atoms with van der Waals surface area (Å²) in [7, 11) is 0. The van der Waals surface area contributed by atoms with Gasteiger partial charge in [-0.2, -0.15) is 0 Å². The topological polar surface area (TPSA) is 21.3 Å². The highest BCUT2D eigenvalue weighted by atomic mass is 79.9. The van der Waals surface area contributed by atoms with Crippen molar-refractivity contribution in [1.82, 2.24) is 5.32 Å². The van der Waals surface area contributed by atoms with Gasteiger partial charge in [0.15, 0.2) is 0 Å². The molecular weight excluding hydrogens is 358 g/mol. The minimum atomic E-state index is 0.773. The maximum Gasteiger partial charge on any atom is 0.147 e. The zero-order valence-electron chi connectivity index (χ0n) is 10.6. The van der Waals surface area contributed by atoms with Crippen LogP contribution in [0.5, 0.6) is 5.75 Å². The fourth-order valence-corrected chi connectivity index (χ4v) is 3.26. The molecule has 1 aliphatic carbocycles. The Morgan fingerprint density at radius 1 is 1.28 bits per heavy atom. The average Bonchev–Trinajstić information content (AvgIpc) is 3.12. The van der Waals surface area contributed by atoms with Crippen LogP contribution in [0, 0.1) is 5.92 Å². The molecule has 100 valence electrons. The maximum absolute atomic E-state index is 5.86. The molecule has 1 fully saturated rings. The molecule has 0 saturated heterocycles. The van der Waals surface area contributed by atoms with E-state index in [4.69, 9.17) is 4.74 Å². The van der Waals surface area contributed by atoms with Crippen molar-refractivity contribution in [2.24, 2.45) is 5.92 Å². The summed E-state index contributed by atoms with van der Waals surface area (Å²) in [6.45, 7) is 4.96. The number of hydrogen-bond acceptors (Lipinski definition) is 2. The molecule has 1 aromatic carbocycles. The number of nitrogens with one attached hydrogen (secondary N) is 1. The van der Waals surface area contributed by atoms with Gasteiger partial charge in [0.25, 0.3) is 0 Å². The first-order chi connectivity index (χ1) is 8.70. The monoisotopic (exact) mass is 375 g/mol. The van der Waals surface area contributed by atoms with Crippen LogP contribution in [-0.2, 0) is 6.54 Å². The Morgan fingerprint density at radius 3 is 2.50 bits per heavy atom. The van der Waals surface area contributed by atoms with Crippen molar-refractivity contribution in [3.05, 3.63) is 26.6 Å². The lowest BCUT2D eigenvalue weighted by atomic mass is 10.2. The molecule has 0 aliphatic heterocycles. The van der Waals surface area contributed by atoms with Gasteiger partial charge in [0.05, 0.1) is 15.6 Å². The first-order valence-electron chi connectivity index (χ1n) is 6.52. The predicted molar refractivity (Wildman–Crippen MR) is 82.1 cm³/mol. The molecule has 0 unspecified atom stereocenters. The first kappa shape index (κ1) is 14.4. The average molecular weight is 377 g/mol. The van der Waals surface area contributed by atoms with Crippen LogP contribution in [0.4, 0.5) is 0 Å². The highest BCUT2D eigenvalue weighted by Crippen LogP contribution is 2.37. The molecular formula is C14H19Br2NO. The second-order valence-corrected chi connectivity index (χ2v) is 6.53. The van der Waals surface area contributed by atoms with Gasteiger partial charge >= 0.3 is 0 Å². The molecule has 0 aromatic heterocycles. The smallest absolute Gasteiger partial charge is 0.147 e. The van der Waals surface area contributed by atoms with Crippen molar-refractivity contribution >= 4 is 31.9 Å². The van der Waals surface area contributed by atoms with E-state index in [-0.39, 0.29) is 0 Å². The lowest BCUT2D eigenvalue weighted by molar-refractivity contribution is 0.296. The minimum Gasteiger partial charge on any atom is -0.491 e. The normalized spacial score (nSPS) is 14.8. The summed E-state index contributed by atoms with van der Waals surface area (Å²) >= 11 is 7.19. The summed E-state index contributed by atoms with van der Waals surface area (Å²) in [6, 6.07) is 4.27. The van der Waals surface area contributed by atoms with Crippen LogP contribution in [0.1, 0.15) is 31.7 Å². The zero-order chi connectivity index (χ0) is 13.0. The third-order valence-corrected chi connectivity index (χ3v) is 4.15. The fourth-order valence-electron chi connectivity index (χ4n) is 1.75. The zero-order valence-corrected chi connectivity index (χ0v) is 13.8. The van der Waals surface area contributed by atoms with E-state index < -0.39 is 0 Å². The van der Waals surface area contributed by atoms with Gasteiger partial charge in [-0.3, -0.25) is 0 Å². The number of halogens is 2. The molecule has 0 bridgehead atoms. The number of benzene rings is 1. The second kappa shape index (κ2) is 6.92. The molecule has 0 amide bonds. The van der Waals surface area contributed by atoms with E-state index in [9.17, 15) is 0 Å². The Balaban J connectivity index is 1.97. The van der Waals surface area contributed by atoms with E-state index in [1.165, 1.54) is 18.4 Å². The Bertz CT molecular complexity index is 382. The van der Waals surface area contributed by atoms with E-state index in [1.807, 2.05) is 0 Å². The highest BCUT2D eigenvalue weighted by molar-refractivity contribution is 9.11. The highest BCUT2D eigenvalue weighted by Gasteiger charge is 2.22. The van der Waals surface area contributed by atoms with Gasteiger partial charge in [-0.1, -0.05) is 6.92 Å². The molecule has 2 rings (SSSR count). The van der Waals surface area contributed by atoms with E-state index in [1.54, 1.807) is 0 Å². The van der Waals surface area contributed by atoms with Crippen LogP contribution < -0.4 is 10.1 Å². The number of ether oxygens (including phenoxy) is 1. The Kier molecular flexibility index (Phi) is 5.52. The van der Waals surface area contributed by atoms with Crippen LogP contribution in [-0.4, -0.2) is 13.2 Å². The third kappa shape index (κ3) is 4.25. The molecule has 0 spiro atoms. The quantitative estimate of drug-likeness (QED) is 0.707. The van der Waals surface area contributed by atoms with Crippen molar-refractivity contribution in [3.8, 4) is 5.75 Å². The summed E-state index contributed by atoms with van der Waals surface area (Å²) in [5, 5.41) is 3.40. The Hall–Kier alpha value is -0.0600. The predicted octanol–water partition coefficient (Wildman–Crippen LogP) is 4.50. The second-order valence-electron chi connectivity index (χ2n) is 4.82. The molecule has 1 N–H and O–H groups in total. The SMILES string of the molecule is CCCNCc1cc(Br)c(OCC2CC2)c(Br)c1. The standard InChI is InChI=1S/C14H19Br2NO/c1-2-5-17-8-11-6-12(15)14(13(16)7-11)18-9-10-3-4-10/h6-7,10,17H,2-5,8-9H2,1H3. The van der Waals surface area contributed by atoms with Crippen molar-refractivity contribution in [2.75, 3.05) is 13.2 Å². The van der Waals surface area contributed by atoms with Gasteiger partial charge in [-0.05, 0) is 81.3 Å². The summed E-state index contributed by atoms with van der Waals surface area (Å²) in [5.41, 5.74) is 1.26. The minimum absolute atomic E-state index is 0.773. The van der Waals surface area contributed by atoms with Crippen LogP contribution in [0.25, 0.3) is 0 Å². The van der Waals surface area contributed by atoms with Gasteiger partial charge < -0.3 is 10.1 Å². The van der Waals surface area contributed by atoms with Gasteiger partial charge in [-0.25, -0.2) is 0 Å². The molecule has 0 radical (unpaired) electrons. The van der Waals surface area contributed by atoms with Crippen molar-refractivity contribution in [3.63, 3.8) is 0 Å². The van der Waals surface area contributed by atoms with Crippen LogP contribution in [0.3, 0.4) is 0 Å². The van der Waals surface area contributed by atoms with E-state index in [2.05, 4.69) is 56.2 Å². The van der Waals surface area contributed by atoms with Crippen molar-refractivity contribution < 1.29 is 4.74 Å². The molecule has 4 heteroatoms. The van der Waals surface area contributed by atoms with E-state index in [0.717, 1.165) is 46.7 Å². The third-order valence-electron chi connectivity index (χ3n) is 2.97. The van der Waals surface area contributed by atoms with E-state index in [0.29, 0.717) is 0 Å². The Morgan fingerprint density at radius 2 is 1.94 bits per heavy atom. The largest absolute Gasteiger partial charge is 0.491 e. The van der Waals surface area contributed by atoms with Gasteiger partial charge in [0, 0.05) is 6.54 Å². The van der Waals surface area contributed by atoms with Crippen molar-refractivity contribution in [2.45, 2.75) is 32.7 Å². The van der Waals surface area contributed by atoms with Gasteiger partial charge in [-0.15, -0.1) is 0 Å².